The van der Waals surface area contributed by atoms with Crippen LogP contribution in [-0.4, -0.2) is 9.49 Å². The van der Waals surface area contributed by atoms with Crippen LogP contribution in [0.4, 0.5) is 5.69 Å². The van der Waals surface area contributed by atoms with Gasteiger partial charge in [0.15, 0.2) is 5.43 Å². The fourth-order valence-electron chi connectivity index (χ4n) is 2.72. The van der Waals surface area contributed by atoms with Crippen molar-refractivity contribution in [2.24, 2.45) is 0 Å². The monoisotopic (exact) mass is 294 g/mol. The molecule has 5 nitrogen and oxygen atoms in total. The van der Waals surface area contributed by atoms with Crippen molar-refractivity contribution in [2.45, 2.75) is 13.5 Å². The minimum Gasteiger partial charge on any atom is -0.336 e. The number of aryl methyl sites for hydroxylation is 1. The Bertz CT molecular complexity index is 987. The van der Waals surface area contributed by atoms with E-state index in [1.165, 1.54) is 12.1 Å². The maximum atomic E-state index is 12.7. The Morgan fingerprint density at radius 3 is 2.45 bits per heavy atom. The summed E-state index contributed by atoms with van der Waals surface area (Å²) < 4.78 is 1.95. The first kappa shape index (κ1) is 14.0. The van der Waals surface area contributed by atoms with Crippen molar-refractivity contribution in [1.82, 2.24) is 4.57 Å². The lowest BCUT2D eigenvalue weighted by Gasteiger charge is -2.13. The topological polar surface area (TPSA) is 65.1 Å². The molecule has 0 amide bonds. The van der Waals surface area contributed by atoms with E-state index in [-0.39, 0.29) is 11.1 Å². The van der Waals surface area contributed by atoms with Crippen LogP contribution in [0.1, 0.15) is 5.56 Å². The minimum atomic E-state index is -0.489. The van der Waals surface area contributed by atoms with Crippen molar-refractivity contribution < 1.29 is 4.92 Å². The molecular formula is C17H14N2O3. The first-order chi connectivity index (χ1) is 10.5. The summed E-state index contributed by atoms with van der Waals surface area (Å²) in [6.45, 7) is 6.18. The van der Waals surface area contributed by atoms with Gasteiger partial charge in [-0.15, -0.1) is 6.58 Å². The van der Waals surface area contributed by atoms with Gasteiger partial charge in [-0.25, -0.2) is 0 Å². The number of hydrogen-bond donors (Lipinski definition) is 0. The van der Waals surface area contributed by atoms with E-state index in [0.717, 1.165) is 11.1 Å². The summed E-state index contributed by atoms with van der Waals surface area (Å²) in [6.07, 6.45) is 1.74. The lowest BCUT2D eigenvalue weighted by molar-refractivity contribution is -0.384. The van der Waals surface area contributed by atoms with Crippen LogP contribution < -0.4 is 5.43 Å². The van der Waals surface area contributed by atoms with Crippen molar-refractivity contribution in [2.75, 3.05) is 0 Å². The van der Waals surface area contributed by atoms with Crippen molar-refractivity contribution >= 4 is 27.5 Å². The Labute approximate surface area is 126 Å². The fraction of sp³-hybridized carbons (Fsp3) is 0.118. The van der Waals surface area contributed by atoms with Crippen molar-refractivity contribution in [3.63, 3.8) is 0 Å². The van der Waals surface area contributed by atoms with Crippen molar-refractivity contribution in [1.29, 1.82) is 0 Å². The summed E-state index contributed by atoms with van der Waals surface area (Å²) in [4.78, 5) is 23.2. The molecule has 0 fully saturated rings. The van der Waals surface area contributed by atoms with E-state index in [2.05, 4.69) is 6.58 Å². The van der Waals surface area contributed by atoms with E-state index in [1.54, 1.807) is 12.1 Å². The largest absolute Gasteiger partial charge is 0.336 e. The molecule has 5 heteroatoms. The third-order valence-corrected chi connectivity index (χ3v) is 3.73. The van der Waals surface area contributed by atoms with E-state index >= 15 is 0 Å². The molecule has 0 aliphatic rings. The van der Waals surface area contributed by atoms with Crippen molar-refractivity contribution in [3.05, 3.63) is 75.0 Å². The molecule has 0 aliphatic carbocycles. The zero-order valence-corrected chi connectivity index (χ0v) is 12.1. The summed E-state index contributed by atoms with van der Waals surface area (Å²) in [5, 5.41) is 11.9. The van der Waals surface area contributed by atoms with Gasteiger partial charge in [-0.05, 0) is 25.1 Å². The predicted molar refractivity (Wildman–Crippen MR) is 87.3 cm³/mol. The first-order valence-electron chi connectivity index (χ1n) is 6.85. The van der Waals surface area contributed by atoms with Gasteiger partial charge in [-0.3, -0.25) is 14.9 Å². The molecule has 1 aromatic heterocycles. The molecule has 0 atom stereocenters. The van der Waals surface area contributed by atoms with Gasteiger partial charge in [0.2, 0.25) is 0 Å². The SMILES string of the molecule is C=CCn1c2ccc(C)cc2c(=O)c2cc([N+](=O)[O-])ccc21. The molecule has 0 saturated heterocycles. The molecule has 0 N–H and O–H groups in total. The average Bonchev–Trinajstić information content (AvgIpc) is 2.51. The van der Waals surface area contributed by atoms with E-state index in [9.17, 15) is 14.9 Å². The number of rotatable bonds is 3. The predicted octanol–water partition coefficient (Wildman–Crippen LogP) is 3.56. The zero-order chi connectivity index (χ0) is 15.9. The summed E-state index contributed by atoms with van der Waals surface area (Å²) >= 11 is 0. The van der Waals surface area contributed by atoms with E-state index < -0.39 is 4.92 Å². The lowest BCUT2D eigenvalue weighted by Crippen LogP contribution is -2.11. The van der Waals surface area contributed by atoms with Gasteiger partial charge in [-0.2, -0.15) is 0 Å². The van der Waals surface area contributed by atoms with Crippen LogP contribution >= 0.6 is 0 Å². The third kappa shape index (κ3) is 2.07. The molecule has 2 aromatic carbocycles. The van der Waals surface area contributed by atoms with E-state index in [0.29, 0.717) is 22.8 Å². The van der Waals surface area contributed by atoms with E-state index in [4.69, 9.17) is 0 Å². The molecule has 0 saturated carbocycles. The van der Waals surface area contributed by atoms with Crippen LogP contribution in [0.15, 0.2) is 53.8 Å². The second-order valence-corrected chi connectivity index (χ2v) is 5.21. The highest BCUT2D eigenvalue weighted by Gasteiger charge is 2.14. The number of nitro benzene ring substituents is 1. The molecule has 0 spiro atoms. The van der Waals surface area contributed by atoms with Gasteiger partial charge < -0.3 is 4.57 Å². The Morgan fingerprint density at radius 1 is 1.18 bits per heavy atom. The maximum absolute atomic E-state index is 12.7. The van der Waals surface area contributed by atoms with Gasteiger partial charge in [0.25, 0.3) is 5.69 Å². The summed E-state index contributed by atoms with van der Waals surface area (Å²) in [7, 11) is 0. The average molecular weight is 294 g/mol. The molecule has 3 aromatic rings. The lowest BCUT2D eigenvalue weighted by atomic mass is 10.1. The number of fused-ring (bicyclic) bond motifs is 2. The second-order valence-electron chi connectivity index (χ2n) is 5.21. The van der Waals surface area contributed by atoms with Gasteiger partial charge in [0.1, 0.15) is 0 Å². The van der Waals surface area contributed by atoms with Crippen LogP contribution in [0.2, 0.25) is 0 Å². The zero-order valence-electron chi connectivity index (χ0n) is 12.1. The Balaban J connectivity index is 2.55. The number of nitro groups is 1. The number of hydrogen-bond acceptors (Lipinski definition) is 3. The van der Waals surface area contributed by atoms with Crippen molar-refractivity contribution in [3.8, 4) is 0 Å². The molecule has 0 radical (unpaired) electrons. The van der Waals surface area contributed by atoms with Crippen LogP contribution in [-0.2, 0) is 6.54 Å². The van der Waals surface area contributed by atoms with Crippen LogP contribution in [0.5, 0.6) is 0 Å². The normalized spacial score (nSPS) is 11.0. The molecular weight excluding hydrogens is 280 g/mol. The number of pyridine rings is 1. The second kappa shape index (κ2) is 5.11. The third-order valence-electron chi connectivity index (χ3n) is 3.73. The number of non-ortho nitro benzene ring substituents is 1. The molecule has 0 aliphatic heterocycles. The molecule has 0 bridgehead atoms. The van der Waals surface area contributed by atoms with Crippen LogP contribution in [0.3, 0.4) is 0 Å². The Hall–Kier alpha value is -2.95. The van der Waals surface area contributed by atoms with E-state index in [1.807, 2.05) is 29.7 Å². The highest BCUT2D eigenvalue weighted by molar-refractivity contribution is 5.94. The van der Waals surface area contributed by atoms with Gasteiger partial charge in [0.05, 0.1) is 21.3 Å². The molecule has 0 unspecified atom stereocenters. The number of aromatic nitrogens is 1. The quantitative estimate of drug-likeness (QED) is 0.321. The summed E-state index contributed by atoms with van der Waals surface area (Å²) in [5.74, 6) is 0. The fourth-order valence-corrected chi connectivity index (χ4v) is 2.72. The highest BCUT2D eigenvalue weighted by Crippen LogP contribution is 2.23. The number of allylic oxidation sites excluding steroid dienone is 1. The molecule has 3 rings (SSSR count). The first-order valence-corrected chi connectivity index (χ1v) is 6.85. The minimum absolute atomic E-state index is 0.0817. The smallest absolute Gasteiger partial charge is 0.270 e. The Kier molecular flexibility index (Phi) is 3.25. The Morgan fingerprint density at radius 2 is 1.82 bits per heavy atom. The highest BCUT2D eigenvalue weighted by atomic mass is 16.6. The summed E-state index contributed by atoms with van der Waals surface area (Å²) in [5.41, 5.74) is 2.18. The van der Waals surface area contributed by atoms with Gasteiger partial charge >= 0.3 is 0 Å². The van der Waals surface area contributed by atoms with Crippen LogP contribution in [0, 0.1) is 17.0 Å². The molecule has 110 valence electrons. The van der Waals surface area contributed by atoms with Gasteiger partial charge in [-0.1, -0.05) is 17.7 Å². The molecule has 1 heterocycles. The van der Waals surface area contributed by atoms with Gasteiger partial charge in [0, 0.05) is 24.1 Å². The summed E-state index contributed by atoms with van der Waals surface area (Å²) in [6, 6.07) is 10.0. The number of nitrogens with zero attached hydrogens (tertiary/aromatic N) is 2. The standard InChI is InChI=1S/C17H14N2O3/c1-3-8-18-15-6-4-11(2)9-13(15)17(20)14-10-12(19(21)22)5-7-16(14)18/h3-7,9-10H,1,8H2,2H3. The molecule has 22 heavy (non-hydrogen) atoms. The van der Waals surface area contributed by atoms with Crippen LogP contribution in [0.25, 0.3) is 21.8 Å². The number of benzene rings is 2. The maximum Gasteiger partial charge on any atom is 0.270 e.